The lowest BCUT2D eigenvalue weighted by atomic mass is 10.0. The van der Waals surface area contributed by atoms with Crippen LogP contribution < -0.4 is 9.47 Å². The van der Waals surface area contributed by atoms with Crippen molar-refractivity contribution >= 4 is 33.5 Å². The van der Waals surface area contributed by atoms with Gasteiger partial charge in [-0.15, -0.1) is 0 Å². The van der Waals surface area contributed by atoms with Crippen LogP contribution in [-0.2, 0) is 4.79 Å². The zero-order valence-corrected chi connectivity index (χ0v) is 16.5. The lowest BCUT2D eigenvalue weighted by Crippen LogP contribution is -2.18. The van der Waals surface area contributed by atoms with Crippen molar-refractivity contribution in [2.45, 2.75) is 33.6 Å². The number of aryl methyl sites for hydroxylation is 2. The van der Waals surface area contributed by atoms with Gasteiger partial charge in [0.05, 0.1) is 5.02 Å². The zero-order chi connectivity index (χ0) is 17.9. The number of carbonyl (C=O) groups is 1. The normalized spacial score (nSPS) is 10.8. The smallest absolute Gasteiger partial charge is 0.349 e. The Balaban J connectivity index is 2.05. The Labute approximate surface area is 156 Å². The Hall–Kier alpha value is -1.52. The molecule has 0 amide bonds. The largest absolute Gasteiger partial charge is 0.482 e. The molecule has 0 atom stereocenters. The summed E-state index contributed by atoms with van der Waals surface area (Å²) in [4.78, 5) is 12.1. The van der Waals surface area contributed by atoms with E-state index in [1.165, 1.54) is 0 Å². The number of halogens is 2. The monoisotopic (exact) mass is 410 g/mol. The molecule has 0 aliphatic rings. The Bertz CT molecular complexity index is 733. The van der Waals surface area contributed by atoms with Crippen LogP contribution in [0.15, 0.2) is 34.8 Å². The molecule has 0 radical (unpaired) electrons. The highest BCUT2D eigenvalue weighted by Crippen LogP contribution is 2.32. The van der Waals surface area contributed by atoms with Gasteiger partial charge in [0.25, 0.3) is 0 Å². The third kappa shape index (κ3) is 4.74. The molecule has 2 rings (SSSR count). The van der Waals surface area contributed by atoms with Crippen molar-refractivity contribution in [1.82, 2.24) is 0 Å². The Morgan fingerprint density at radius 2 is 1.88 bits per heavy atom. The third-order valence-electron chi connectivity index (χ3n) is 3.63. The van der Waals surface area contributed by atoms with Gasteiger partial charge in [-0.25, -0.2) is 4.79 Å². The molecule has 0 saturated heterocycles. The predicted octanol–water partition coefficient (Wildman–Crippen LogP) is 5.83. The van der Waals surface area contributed by atoms with E-state index in [1.807, 2.05) is 32.0 Å². The van der Waals surface area contributed by atoms with Crippen molar-refractivity contribution in [1.29, 1.82) is 0 Å². The number of hydrogen-bond donors (Lipinski definition) is 0. The van der Waals surface area contributed by atoms with Gasteiger partial charge < -0.3 is 9.47 Å². The molecule has 0 heterocycles. The van der Waals surface area contributed by atoms with E-state index in [0.29, 0.717) is 22.4 Å². The highest BCUT2D eigenvalue weighted by Gasteiger charge is 2.14. The lowest BCUT2D eigenvalue weighted by molar-refractivity contribution is -0.136. The van der Waals surface area contributed by atoms with Crippen molar-refractivity contribution in [2.24, 2.45) is 0 Å². The quantitative estimate of drug-likeness (QED) is 0.459. The second kappa shape index (κ2) is 8.04. The van der Waals surface area contributed by atoms with E-state index in [0.717, 1.165) is 21.2 Å². The van der Waals surface area contributed by atoms with Crippen LogP contribution in [0.1, 0.15) is 36.5 Å². The van der Waals surface area contributed by atoms with Gasteiger partial charge in [-0.2, -0.15) is 0 Å². The molecular weight excluding hydrogens is 392 g/mol. The first-order valence-corrected chi connectivity index (χ1v) is 8.84. The van der Waals surface area contributed by atoms with E-state index in [4.69, 9.17) is 21.1 Å². The van der Waals surface area contributed by atoms with Crippen LogP contribution >= 0.6 is 27.5 Å². The summed E-state index contributed by atoms with van der Waals surface area (Å²) in [5.74, 6) is 0.957. The molecule has 0 N–H and O–H groups in total. The average molecular weight is 412 g/mol. The van der Waals surface area contributed by atoms with Crippen LogP contribution in [-0.4, -0.2) is 12.6 Å². The summed E-state index contributed by atoms with van der Waals surface area (Å²) < 4.78 is 11.8. The molecule has 0 aliphatic carbocycles. The lowest BCUT2D eigenvalue weighted by Gasteiger charge is -2.13. The van der Waals surface area contributed by atoms with Gasteiger partial charge >= 0.3 is 5.97 Å². The van der Waals surface area contributed by atoms with E-state index >= 15 is 0 Å². The Kier molecular flexibility index (Phi) is 6.30. The van der Waals surface area contributed by atoms with Gasteiger partial charge in [0.1, 0.15) is 5.75 Å². The maximum Gasteiger partial charge on any atom is 0.349 e. The minimum atomic E-state index is -0.489. The third-order valence-corrected chi connectivity index (χ3v) is 4.37. The number of hydrogen-bond acceptors (Lipinski definition) is 3. The fourth-order valence-electron chi connectivity index (χ4n) is 2.23. The maximum atomic E-state index is 12.1. The van der Waals surface area contributed by atoms with Crippen LogP contribution in [0.4, 0.5) is 0 Å². The molecule has 5 heteroatoms. The molecule has 0 saturated carbocycles. The Morgan fingerprint density at radius 3 is 2.50 bits per heavy atom. The Morgan fingerprint density at radius 1 is 1.17 bits per heavy atom. The molecule has 0 aromatic heterocycles. The van der Waals surface area contributed by atoms with Gasteiger partial charge in [0, 0.05) is 4.47 Å². The fraction of sp³-hybridized carbons (Fsp3) is 0.316. The van der Waals surface area contributed by atoms with Gasteiger partial charge in [0.2, 0.25) is 0 Å². The van der Waals surface area contributed by atoms with E-state index in [2.05, 4.69) is 35.8 Å². The second-order valence-corrected chi connectivity index (χ2v) is 7.30. The van der Waals surface area contributed by atoms with Crippen molar-refractivity contribution in [2.75, 3.05) is 6.61 Å². The topological polar surface area (TPSA) is 35.5 Å². The number of carbonyl (C=O) groups excluding carboxylic acids is 1. The van der Waals surface area contributed by atoms with E-state index < -0.39 is 5.97 Å². The van der Waals surface area contributed by atoms with Crippen molar-refractivity contribution in [3.8, 4) is 11.5 Å². The van der Waals surface area contributed by atoms with E-state index in [-0.39, 0.29) is 6.61 Å². The van der Waals surface area contributed by atoms with Crippen LogP contribution in [0.5, 0.6) is 11.5 Å². The van der Waals surface area contributed by atoms with Gasteiger partial charge in [0.15, 0.2) is 12.4 Å². The van der Waals surface area contributed by atoms with Gasteiger partial charge in [-0.3, -0.25) is 0 Å². The van der Waals surface area contributed by atoms with Crippen LogP contribution in [0.3, 0.4) is 0 Å². The molecule has 0 fully saturated rings. The summed E-state index contributed by atoms with van der Waals surface area (Å²) in [6.45, 7) is 7.83. The van der Waals surface area contributed by atoms with Crippen molar-refractivity contribution in [3.05, 3.63) is 56.5 Å². The standard InChI is InChI=1S/C19H20BrClO3/c1-11(2)14-6-5-12(3)17(8-14)23-10-18(22)24-19-13(4)7-15(20)9-16(19)21/h5-9,11H,10H2,1-4H3. The molecular formula is C19H20BrClO3. The number of esters is 1. The van der Waals surface area contributed by atoms with Crippen LogP contribution in [0.2, 0.25) is 5.02 Å². The highest BCUT2D eigenvalue weighted by atomic mass is 79.9. The first-order valence-electron chi connectivity index (χ1n) is 7.67. The molecule has 24 heavy (non-hydrogen) atoms. The predicted molar refractivity (Wildman–Crippen MR) is 100 cm³/mol. The summed E-state index contributed by atoms with van der Waals surface area (Å²) in [6.07, 6.45) is 0. The SMILES string of the molecule is Cc1ccc(C(C)C)cc1OCC(=O)Oc1c(C)cc(Br)cc1Cl. The second-order valence-electron chi connectivity index (χ2n) is 5.98. The first kappa shape index (κ1) is 18.8. The summed E-state index contributed by atoms with van der Waals surface area (Å²) in [7, 11) is 0. The molecule has 0 bridgehead atoms. The minimum Gasteiger partial charge on any atom is -0.482 e. The molecule has 128 valence electrons. The summed E-state index contributed by atoms with van der Waals surface area (Å²) in [5.41, 5.74) is 2.92. The maximum absolute atomic E-state index is 12.1. The number of ether oxygens (including phenoxy) is 2. The highest BCUT2D eigenvalue weighted by molar-refractivity contribution is 9.10. The van der Waals surface area contributed by atoms with E-state index in [1.54, 1.807) is 6.07 Å². The molecule has 2 aromatic carbocycles. The van der Waals surface area contributed by atoms with Crippen LogP contribution in [0.25, 0.3) is 0 Å². The van der Waals surface area contributed by atoms with E-state index in [9.17, 15) is 4.79 Å². The minimum absolute atomic E-state index is 0.172. The number of rotatable bonds is 5. The van der Waals surface area contributed by atoms with Crippen LogP contribution in [0, 0.1) is 13.8 Å². The number of benzene rings is 2. The summed E-state index contributed by atoms with van der Waals surface area (Å²) in [5, 5.41) is 0.383. The molecule has 2 aromatic rings. The molecule has 0 unspecified atom stereocenters. The zero-order valence-electron chi connectivity index (χ0n) is 14.2. The van der Waals surface area contributed by atoms with Gasteiger partial charge in [-0.05, 0) is 54.7 Å². The average Bonchev–Trinajstić information content (AvgIpc) is 2.49. The van der Waals surface area contributed by atoms with Crippen molar-refractivity contribution in [3.63, 3.8) is 0 Å². The first-order chi connectivity index (χ1) is 11.3. The molecule has 0 aliphatic heterocycles. The fourth-order valence-corrected chi connectivity index (χ4v) is 3.24. The molecule has 0 spiro atoms. The van der Waals surface area contributed by atoms with Crippen molar-refractivity contribution < 1.29 is 14.3 Å². The summed E-state index contributed by atoms with van der Waals surface area (Å²) in [6, 6.07) is 9.55. The molecule has 3 nitrogen and oxygen atoms in total. The summed E-state index contributed by atoms with van der Waals surface area (Å²) >= 11 is 9.48. The van der Waals surface area contributed by atoms with Gasteiger partial charge in [-0.1, -0.05) is 53.5 Å².